The van der Waals surface area contributed by atoms with Crippen LogP contribution in [0, 0.1) is 35.5 Å². The van der Waals surface area contributed by atoms with Gasteiger partial charge in [-0.25, -0.2) is 0 Å². The Hall–Kier alpha value is -0.860. The molecule has 3 aliphatic rings. The van der Waals surface area contributed by atoms with Crippen molar-refractivity contribution in [3.8, 4) is 0 Å². The lowest BCUT2D eigenvalue weighted by Gasteiger charge is -2.38. The number of rotatable bonds is 3. The maximum absolute atomic E-state index is 12.7. The Morgan fingerprint density at radius 3 is 2.45 bits per heavy atom. The summed E-state index contributed by atoms with van der Waals surface area (Å²) in [6.07, 6.45) is 5.74. The molecule has 0 aromatic rings. The van der Waals surface area contributed by atoms with Gasteiger partial charge in [-0.05, 0) is 63.2 Å². The van der Waals surface area contributed by atoms with Crippen LogP contribution in [-0.2, 0) is 14.3 Å². The van der Waals surface area contributed by atoms with Gasteiger partial charge in [-0.15, -0.1) is 0 Å². The summed E-state index contributed by atoms with van der Waals surface area (Å²) >= 11 is 0. The summed E-state index contributed by atoms with van der Waals surface area (Å²) in [5.41, 5.74) is -0.648. The van der Waals surface area contributed by atoms with Crippen LogP contribution in [0.5, 0.6) is 0 Å². The molecule has 0 radical (unpaired) electrons. The molecule has 0 aromatic heterocycles. The molecule has 3 nitrogen and oxygen atoms in total. The van der Waals surface area contributed by atoms with Gasteiger partial charge in [0.05, 0.1) is 11.8 Å². The van der Waals surface area contributed by atoms with Crippen LogP contribution in [0.3, 0.4) is 0 Å². The Balaban J connectivity index is 1.65. The Morgan fingerprint density at radius 2 is 1.86 bits per heavy atom. The second kappa shape index (κ2) is 5.65. The van der Waals surface area contributed by atoms with E-state index in [2.05, 4.69) is 13.8 Å². The summed E-state index contributed by atoms with van der Waals surface area (Å²) in [6, 6.07) is 0. The van der Waals surface area contributed by atoms with Gasteiger partial charge in [0, 0.05) is 6.42 Å². The van der Waals surface area contributed by atoms with Crippen molar-refractivity contribution in [1.82, 2.24) is 0 Å². The van der Waals surface area contributed by atoms with E-state index in [4.69, 9.17) is 4.74 Å². The molecule has 0 heterocycles. The number of esters is 1. The highest BCUT2D eigenvalue weighted by atomic mass is 16.6. The van der Waals surface area contributed by atoms with Crippen LogP contribution in [0.25, 0.3) is 0 Å². The van der Waals surface area contributed by atoms with E-state index in [9.17, 15) is 9.59 Å². The van der Waals surface area contributed by atoms with Crippen LogP contribution in [0.4, 0.5) is 0 Å². The Kier molecular flexibility index (Phi) is 4.11. The summed E-state index contributed by atoms with van der Waals surface area (Å²) in [6.45, 7) is 8.46. The zero-order valence-electron chi connectivity index (χ0n) is 14.4. The molecule has 0 aliphatic heterocycles. The number of Topliss-reactive ketones (excluding diaryl/α,β-unsaturated/α-hetero) is 1. The lowest BCUT2D eigenvalue weighted by molar-refractivity contribution is -0.172. The van der Waals surface area contributed by atoms with Gasteiger partial charge in [-0.2, -0.15) is 0 Å². The molecule has 3 rings (SSSR count). The monoisotopic (exact) mass is 306 g/mol. The van der Waals surface area contributed by atoms with E-state index in [0.717, 1.165) is 31.6 Å². The third kappa shape index (κ3) is 2.61. The molecular weight excluding hydrogens is 276 g/mol. The predicted molar refractivity (Wildman–Crippen MR) is 85.2 cm³/mol. The lowest BCUT2D eigenvalue weighted by Crippen LogP contribution is -2.44. The standard InChI is InChI=1S/C19H30O3/c1-11-12(2)14-9-13(11)10-15(14)18(21)22-19(3,4)16-7-5-6-8-17(16)20/h11-16H,5-10H2,1-4H3. The molecular formula is C19H30O3. The van der Waals surface area contributed by atoms with Crippen molar-refractivity contribution < 1.29 is 14.3 Å². The van der Waals surface area contributed by atoms with Crippen molar-refractivity contribution in [2.45, 2.75) is 71.8 Å². The highest BCUT2D eigenvalue weighted by molar-refractivity contribution is 5.83. The molecule has 0 aromatic carbocycles. The number of carbonyl (C=O) groups excluding carboxylic acids is 2. The fraction of sp³-hybridized carbons (Fsp3) is 0.895. The molecule has 6 atom stereocenters. The van der Waals surface area contributed by atoms with Crippen molar-refractivity contribution in [3.63, 3.8) is 0 Å². The molecule has 0 saturated heterocycles. The van der Waals surface area contributed by atoms with E-state index in [-0.39, 0.29) is 23.6 Å². The maximum atomic E-state index is 12.7. The minimum atomic E-state index is -0.648. The molecule has 6 unspecified atom stereocenters. The highest BCUT2D eigenvalue weighted by Gasteiger charge is 2.52. The van der Waals surface area contributed by atoms with Gasteiger partial charge in [0.25, 0.3) is 0 Å². The number of carbonyl (C=O) groups is 2. The lowest BCUT2D eigenvalue weighted by atomic mass is 9.75. The van der Waals surface area contributed by atoms with E-state index >= 15 is 0 Å². The summed E-state index contributed by atoms with van der Waals surface area (Å²) in [5.74, 6) is 2.72. The zero-order valence-corrected chi connectivity index (χ0v) is 14.4. The molecule has 3 heteroatoms. The molecule has 22 heavy (non-hydrogen) atoms. The third-order valence-corrected chi connectivity index (χ3v) is 6.96. The maximum Gasteiger partial charge on any atom is 0.309 e. The zero-order chi connectivity index (χ0) is 16.1. The number of hydrogen-bond acceptors (Lipinski definition) is 3. The smallest absolute Gasteiger partial charge is 0.309 e. The summed E-state index contributed by atoms with van der Waals surface area (Å²) in [5, 5.41) is 0. The molecule has 3 saturated carbocycles. The second-order valence-corrected chi connectivity index (χ2v) is 8.51. The minimum Gasteiger partial charge on any atom is -0.459 e. The van der Waals surface area contributed by atoms with E-state index in [1.807, 2.05) is 13.8 Å². The molecule has 2 bridgehead atoms. The van der Waals surface area contributed by atoms with Crippen molar-refractivity contribution in [2.24, 2.45) is 35.5 Å². The first-order valence-corrected chi connectivity index (χ1v) is 9.07. The minimum absolute atomic E-state index is 0.0466. The Labute approximate surface area is 134 Å². The van der Waals surface area contributed by atoms with Gasteiger partial charge in [0.1, 0.15) is 11.4 Å². The molecule has 0 N–H and O–H groups in total. The van der Waals surface area contributed by atoms with Crippen LogP contribution in [0.1, 0.15) is 66.2 Å². The second-order valence-electron chi connectivity index (χ2n) is 8.51. The number of hydrogen-bond donors (Lipinski definition) is 0. The van der Waals surface area contributed by atoms with Crippen molar-refractivity contribution in [1.29, 1.82) is 0 Å². The highest BCUT2D eigenvalue weighted by Crippen LogP contribution is 2.55. The average molecular weight is 306 g/mol. The van der Waals surface area contributed by atoms with Gasteiger partial charge in [0.15, 0.2) is 0 Å². The first kappa shape index (κ1) is 16.0. The average Bonchev–Trinajstić information content (AvgIpc) is 3.00. The van der Waals surface area contributed by atoms with E-state index < -0.39 is 5.60 Å². The Morgan fingerprint density at radius 1 is 1.14 bits per heavy atom. The van der Waals surface area contributed by atoms with Gasteiger partial charge >= 0.3 is 5.97 Å². The predicted octanol–water partition coefficient (Wildman–Crippen LogP) is 4.00. The topological polar surface area (TPSA) is 43.4 Å². The fourth-order valence-corrected chi connectivity index (χ4v) is 5.34. The van der Waals surface area contributed by atoms with E-state index in [0.29, 0.717) is 24.2 Å². The number of ketones is 1. The van der Waals surface area contributed by atoms with Gasteiger partial charge in [-0.1, -0.05) is 20.3 Å². The molecule has 3 fully saturated rings. The van der Waals surface area contributed by atoms with E-state index in [1.165, 1.54) is 6.42 Å². The van der Waals surface area contributed by atoms with E-state index in [1.54, 1.807) is 0 Å². The summed E-state index contributed by atoms with van der Waals surface area (Å²) in [7, 11) is 0. The molecule has 124 valence electrons. The van der Waals surface area contributed by atoms with Gasteiger partial charge in [-0.3, -0.25) is 9.59 Å². The van der Waals surface area contributed by atoms with Crippen LogP contribution in [-0.4, -0.2) is 17.4 Å². The van der Waals surface area contributed by atoms with Gasteiger partial charge in [0.2, 0.25) is 0 Å². The van der Waals surface area contributed by atoms with Crippen molar-refractivity contribution >= 4 is 11.8 Å². The quantitative estimate of drug-likeness (QED) is 0.740. The van der Waals surface area contributed by atoms with Crippen molar-refractivity contribution in [3.05, 3.63) is 0 Å². The summed E-state index contributed by atoms with van der Waals surface area (Å²) in [4.78, 5) is 24.9. The largest absolute Gasteiger partial charge is 0.459 e. The van der Waals surface area contributed by atoms with Gasteiger partial charge < -0.3 is 4.74 Å². The Bertz CT molecular complexity index is 465. The normalized spacial score (nSPS) is 41.7. The molecule has 0 amide bonds. The SMILES string of the molecule is CC1C2CC(C(=O)OC(C)(C)C3CCCCC3=O)C(C2)C1C. The first-order valence-electron chi connectivity index (χ1n) is 9.07. The van der Waals surface area contributed by atoms with Crippen LogP contribution < -0.4 is 0 Å². The van der Waals surface area contributed by atoms with Crippen molar-refractivity contribution in [2.75, 3.05) is 0 Å². The van der Waals surface area contributed by atoms with Crippen LogP contribution in [0.2, 0.25) is 0 Å². The first-order chi connectivity index (χ1) is 10.3. The summed E-state index contributed by atoms with van der Waals surface area (Å²) < 4.78 is 5.91. The third-order valence-electron chi connectivity index (χ3n) is 6.96. The molecule has 0 spiro atoms. The van der Waals surface area contributed by atoms with Crippen LogP contribution in [0.15, 0.2) is 0 Å². The fourth-order valence-electron chi connectivity index (χ4n) is 5.34. The number of ether oxygens (including phenoxy) is 1. The molecule has 3 aliphatic carbocycles. The number of fused-ring (bicyclic) bond motifs is 2. The van der Waals surface area contributed by atoms with Crippen LogP contribution >= 0.6 is 0 Å².